The highest BCUT2D eigenvalue weighted by Crippen LogP contribution is 2.17. The second-order valence-corrected chi connectivity index (χ2v) is 6.40. The van der Waals surface area contributed by atoms with E-state index in [2.05, 4.69) is 18.3 Å². The summed E-state index contributed by atoms with van der Waals surface area (Å²) in [7, 11) is 0. The Morgan fingerprint density at radius 1 is 1.57 bits per heavy atom. The predicted molar refractivity (Wildman–Crippen MR) is 79.9 cm³/mol. The lowest BCUT2D eigenvalue weighted by atomic mass is 10.1. The molecule has 1 rings (SSSR count). The number of nitriles is 1. The Balaban J connectivity index is 2.53. The van der Waals surface area contributed by atoms with Gasteiger partial charge in [0.25, 0.3) is 0 Å². The molecule has 0 saturated carbocycles. The molecule has 1 N–H and O–H groups in total. The maximum atomic E-state index is 12.3. The molecule has 0 spiro atoms. The van der Waals surface area contributed by atoms with Crippen molar-refractivity contribution in [1.29, 1.82) is 5.26 Å². The van der Waals surface area contributed by atoms with Gasteiger partial charge in [-0.25, -0.2) is 4.79 Å². The summed E-state index contributed by atoms with van der Waals surface area (Å²) in [6, 6.07) is 2.34. The first-order valence-corrected chi connectivity index (χ1v) is 7.51. The zero-order chi connectivity index (χ0) is 15.9. The molecule has 0 aromatic heterocycles. The normalized spacial score (nSPS) is 20.7. The minimum Gasteiger partial charge on any atom is -0.444 e. The topological polar surface area (TPSA) is 74.6 Å². The second-order valence-electron chi connectivity index (χ2n) is 6.40. The van der Waals surface area contributed by atoms with Crippen LogP contribution in [0.5, 0.6) is 0 Å². The molecule has 6 nitrogen and oxygen atoms in total. The molecule has 1 amide bonds. The van der Waals surface area contributed by atoms with Gasteiger partial charge in [0.2, 0.25) is 0 Å². The molecule has 21 heavy (non-hydrogen) atoms. The van der Waals surface area contributed by atoms with E-state index in [1.54, 1.807) is 4.90 Å². The quantitative estimate of drug-likeness (QED) is 0.785. The summed E-state index contributed by atoms with van der Waals surface area (Å²) < 4.78 is 10.9. The van der Waals surface area contributed by atoms with E-state index in [0.717, 1.165) is 6.42 Å². The van der Waals surface area contributed by atoms with E-state index in [4.69, 9.17) is 14.7 Å². The van der Waals surface area contributed by atoms with Gasteiger partial charge in [0, 0.05) is 25.6 Å². The highest BCUT2D eigenvalue weighted by molar-refractivity contribution is 5.68. The van der Waals surface area contributed by atoms with E-state index < -0.39 is 5.60 Å². The Labute approximate surface area is 127 Å². The lowest BCUT2D eigenvalue weighted by Crippen LogP contribution is -2.52. The van der Waals surface area contributed by atoms with Crippen LogP contribution in [-0.4, -0.2) is 55.0 Å². The smallest absolute Gasteiger partial charge is 0.410 e. The molecule has 1 heterocycles. The van der Waals surface area contributed by atoms with E-state index in [9.17, 15) is 4.79 Å². The van der Waals surface area contributed by atoms with Gasteiger partial charge in [0.1, 0.15) is 5.60 Å². The molecule has 1 aliphatic heterocycles. The molecule has 2 unspecified atom stereocenters. The Bertz CT molecular complexity index is 373. The molecule has 0 radical (unpaired) electrons. The Morgan fingerprint density at radius 2 is 2.29 bits per heavy atom. The van der Waals surface area contributed by atoms with Gasteiger partial charge in [0.05, 0.1) is 25.3 Å². The minimum absolute atomic E-state index is 0.0122. The third-order valence-corrected chi connectivity index (χ3v) is 3.21. The van der Waals surface area contributed by atoms with Crippen molar-refractivity contribution < 1.29 is 14.3 Å². The molecule has 120 valence electrons. The fourth-order valence-corrected chi connectivity index (χ4v) is 2.28. The van der Waals surface area contributed by atoms with Crippen LogP contribution in [0.1, 0.15) is 40.5 Å². The highest BCUT2D eigenvalue weighted by Gasteiger charge is 2.31. The molecular formula is C15H27N3O3. The third-order valence-electron chi connectivity index (χ3n) is 3.21. The number of nitrogens with zero attached hydrogens (tertiary/aromatic N) is 2. The van der Waals surface area contributed by atoms with Gasteiger partial charge in [-0.05, 0) is 34.1 Å². The number of ether oxygens (including phenoxy) is 2. The maximum absolute atomic E-state index is 12.3. The molecule has 0 aromatic rings. The van der Waals surface area contributed by atoms with Gasteiger partial charge in [-0.1, -0.05) is 0 Å². The average molecular weight is 297 g/mol. The molecule has 2 atom stereocenters. The highest BCUT2D eigenvalue weighted by atomic mass is 16.6. The minimum atomic E-state index is -0.489. The first-order valence-electron chi connectivity index (χ1n) is 7.51. The van der Waals surface area contributed by atoms with Gasteiger partial charge in [-0.15, -0.1) is 0 Å². The maximum Gasteiger partial charge on any atom is 0.410 e. The van der Waals surface area contributed by atoms with Crippen LogP contribution in [0, 0.1) is 11.3 Å². The summed E-state index contributed by atoms with van der Waals surface area (Å²) in [6.07, 6.45) is 0.992. The monoisotopic (exact) mass is 297 g/mol. The van der Waals surface area contributed by atoms with E-state index in [1.165, 1.54) is 0 Å². The summed E-state index contributed by atoms with van der Waals surface area (Å²) >= 11 is 0. The van der Waals surface area contributed by atoms with Crippen LogP contribution in [0.25, 0.3) is 0 Å². The number of amides is 1. The molecule has 1 saturated heterocycles. The van der Waals surface area contributed by atoms with Crippen LogP contribution in [-0.2, 0) is 9.47 Å². The Hall–Kier alpha value is -1.32. The van der Waals surface area contributed by atoms with E-state index in [0.29, 0.717) is 32.7 Å². The molecule has 1 fully saturated rings. The second kappa shape index (κ2) is 8.20. The fraction of sp³-hybridized carbons (Fsp3) is 0.867. The van der Waals surface area contributed by atoms with Crippen molar-refractivity contribution in [1.82, 2.24) is 10.2 Å². The number of nitrogens with one attached hydrogen (secondary N) is 1. The average Bonchev–Trinajstić information content (AvgIpc) is 2.37. The van der Waals surface area contributed by atoms with Gasteiger partial charge >= 0.3 is 6.09 Å². The van der Waals surface area contributed by atoms with Gasteiger partial charge in [-0.2, -0.15) is 5.26 Å². The van der Waals surface area contributed by atoms with Crippen molar-refractivity contribution in [2.24, 2.45) is 0 Å². The lowest BCUT2D eigenvalue weighted by Gasteiger charge is -2.37. The van der Waals surface area contributed by atoms with Crippen molar-refractivity contribution in [3.63, 3.8) is 0 Å². The fourth-order valence-electron chi connectivity index (χ4n) is 2.28. The zero-order valence-electron chi connectivity index (χ0n) is 13.5. The summed E-state index contributed by atoms with van der Waals surface area (Å²) in [5.41, 5.74) is -0.489. The first-order chi connectivity index (χ1) is 9.83. The Kier molecular flexibility index (Phi) is 6.93. The standard InChI is InChI=1S/C15H27N3O3/c1-12(17-7-5-6-16)10-13-11-20-9-8-18(13)14(19)21-15(2,3)4/h12-13,17H,5,7-11H2,1-4H3. The number of hydrogen-bond donors (Lipinski definition) is 1. The largest absolute Gasteiger partial charge is 0.444 e. The van der Waals surface area contributed by atoms with Crippen molar-refractivity contribution in [2.75, 3.05) is 26.3 Å². The van der Waals surface area contributed by atoms with Crippen LogP contribution >= 0.6 is 0 Å². The molecule has 0 bridgehead atoms. The first kappa shape index (κ1) is 17.7. The van der Waals surface area contributed by atoms with Crippen molar-refractivity contribution >= 4 is 6.09 Å². The van der Waals surface area contributed by atoms with Crippen molar-refractivity contribution in [3.05, 3.63) is 0 Å². The molecule has 1 aliphatic rings. The SMILES string of the molecule is CC(CC1COCCN1C(=O)OC(C)(C)C)NCCC#N. The summed E-state index contributed by atoms with van der Waals surface area (Å²) in [4.78, 5) is 14.0. The number of rotatable bonds is 5. The summed E-state index contributed by atoms with van der Waals surface area (Å²) in [5, 5.41) is 11.8. The molecule has 0 aromatic carbocycles. The van der Waals surface area contributed by atoms with E-state index >= 15 is 0 Å². The van der Waals surface area contributed by atoms with Gasteiger partial charge in [0.15, 0.2) is 0 Å². The Morgan fingerprint density at radius 3 is 2.90 bits per heavy atom. The van der Waals surface area contributed by atoms with Crippen LogP contribution in [0.15, 0.2) is 0 Å². The number of carbonyl (C=O) groups excluding carboxylic acids is 1. The predicted octanol–water partition coefficient (Wildman–Crippen LogP) is 1.90. The van der Waals surface area contributed by atoms with Crippen LogP contribution in [0.3, 0.4) is 0 Å². The van der Waals surface area contributed by atoms with Gasteiger partial charge in [-0.3, -0.25) is 0 Å². The number of morpholine rings is 1. The van der Waals surface area contributed by atoms with Crippen LogP contribution in [0.2, 0.25) is 0 Å². The third kappa shape index (κ3) is 6.78. The van der Waals surface area contributed by atoms with E-state index in [1.807, 2.05) is 20.8 Å². The number of hydrogen-bond acceptors (Lipinski definition) is 5. The lowest BCUT2D eigenvalue weighted by molar-refractivity contribution is -0.0355. The molecule has 0 aliphatic carbocycles. The molecular weight excluding hydrogens is 270 g/mol. The van der Waals surface area contributed by atoms with Gasteiger partial charge < -0.3 is 19.7 Å². The summed E-state index contributed by atoms with van der Waals surface area (Å²) in [6.45, 7) is 9.96. The van der Waals surface area contributed by atoms with Crippen molar-refractivity contribution in [2.45, 2.75) is 58.2 Å². The van der Waals surface area contributed by atoms with Crippen molar-refractivity contribution in [3.8, 4) is 6.07 Å². The zero-order valence-corrected chi connectivity index (χ0v) is 13.5. The van der Waals surface area contributed by atoms with E-state index in [-0.39, 0.29) is 18.2 Å². The summed E-state index contributed by atoms with van der Waals surface area (Å²) in [5.74, 6) is 0. The number of carbonyl (C=O) groups is 1. The van der Waals surface area contributed by atoms with Crippen LogP contribution < -0.4 is 5.32 Å². The molecule has 6 heteroatoms. The van der Waals surface area contributed by atoms with Crippen LogP contribution in [0.4, 0.5) is 4.79 Å².